The topological polar surface area (TPSA) is 87.4 Å². The maximum atomic E-state index is 13.6. The minimum absolute atomic E-state index is 0.0716. The Bertz CT molecular complexity index is 1040. The molecule has 0 spiro atoms. The Hall–Kier alpha value is -2.45. The average Bonchev–Trinajstić information content (AvgIpc) is 3.36. The van der Waals surface area contributed by atoms with E-state index >= 15 is 0 Å². The number of carbonyl (C=O) groups excluding carboxylic acids is 1. The van der Waals surface area contributed by atoms with Gasteiger partial charge in [-0.05, 0) is 57.2 Å². The normalized spacial score (nSPS) is 19.1. The maximum Gasteiger partial charge on any atom is 0.256 e. The molecule has 1 amide bonds. The summed E-state index contributed by atoms with van der Waals surface area (Å²) < 4.78 is 3.19. The van der Waals surface area contributed by atoms with Crippen molar-refractivity contribution >= 4 is 47.0 Å². The van der Waals surface area contributed by atoms with Crippen LogP contribution < -0.4 is 15.4 Å². The van der Waals surface area contributed by atoms with Gasteiger partial charge < -0.3 is 20.3 Å². The van der Waals surface area contributed by atoms with E-state index in [1.54, 1.807) is 12.1 Å². The van der Waals surface area contributed by atoms with Crippen molar-refractivity contribution in [2.24, 2.45) is 5.73 Å². The molecule has 7 nitrogen and oxygen atoms in total. The molecule has 33 heavy (non-hydrogen) atoms. The van der Waals surface area contributed by atoms with Crippen LogP contribution in [-0.2, 0) is 0 Å². The summed E-state index contributed by atoms with van der Waals surface area (Å²) >= 11 is 7.67. The molecule has 0 radical (unpaired) electrons. The van der Waals surface area contributed by atoms with Gasteiger partial charge in [0.2, 0.25) is 0 Å². The predicted molar refractivity (Wildman–Crippen MR) is 138 cm³/mol. The number of hydrogen-bond donors (Lipinski definition) is 2. The molecule has 1 aromatic heterocycles. The molecule has 2 aliphatic rings. The summed E-state index contributed by atoms with van der Waals surface area (Å²) in [6.07, 6.45) is 10.8. The second-order valence-electron chi connectivity index (χ2n) is 8.58. The molecule has 2 fully saturated rings. The molecule has 2 aromatic rings. The third kappa shape index (κ3) is 5.38. The number of likely N-dealkylation sites (tertiary alicyclic amines) is 1. The number of nitrogens with one attached hydrogen (secondary N) is 1. The zero-order valence-corrected chi connectivity index (χ0v) is 20.8. The van der Waals surface area contributed by atoms with Crippen molar-refractivity contribution in [2.75, 3.05) is 35.5 Å². The Kier molecular flexibility index (Phi) is 7.65. The predicted octanol–water partition coefficient (Wildman–Crippen LogP) is 4.72. The first kappa shape index (κ1) is 23.7. The third-order valence-electron chi connectivity index (χ3n) is 6.24. The molecule has 1 unspecified atom stereocenters. The van der Waals surface area contributed by atoms with Crippen LogP contribution in [0.2, 0.25) is 5.02 Å². The molecule has 0 saturated carbocycles. The number of aromatic nitrogens is 2. The van der Waals surface area contributed by atoms with Gasteiger partial charge in [-0.2, -0.15) is 0 Å². The van der Waals surface area contributed by atoms with E-state index in [-0.39, 0.29) is 11.9 Å². The summed E-state index contributed by atoms with van der Waals surface area (Å²) in [5.74, 6) is 1.49. The number of nitrogens with zero attached hydrogens (tertiary/aromatic N) is 4. The monoisotopic (exact) mass is 486 g/mol. The second kappa shape index (κ2) is 10.7. The summed E-state index contributed by atoms with van der Waals surface area (Å²) in [5.41, 5.74) is 9.57. The van der Waals surface area contributed by atoms with Crippen molar-refractivity contribution in [2.45, 2.75) is 45.1 Å². The number of halogens is 1. The second-order valence-corrected chi connectivity index (χ2v) is 9.63. The lowest BCUT2D eigenvalue weighted by molar-refractivity contribution is 0.0653. The SMILES string of the molecule is CSNc1ccc(Cl)cc1C(=O)N1CCCCC1/C(N)=C/c1ncc(C)c(N2CCCC2)n1. The molecule has 0 aliphatic carbocycles. The maximum absolute atomic E-state index is 13.6. The fourth-order valence-corrected chi connectivity index (χ4v) is 5.15. The average molecular weight is 487 g/mol. The van der Waals surface area contributed by atoms with Gasteiger partial charge >= 0.3 is 0 Å². The quantitative estimate of drug-likeness (QED) is 0.571. The number of rotatable bonds is 6. The van der Waals surface area contributed by atoms with Gasteiger partial charge in [0, 0.05) is 54.4 Å². The zero-order chi connectivity index (χ0) is 23.4. The van der Waals surface area contributed by atoms with E-state index in [0.717, 1.165) is 49.4 Å². The molecule has 2 aliphatic heterocycles. The molecule has 9 heteroatoms. The van der Waals surface area contributed by atoms with Gasteiger partial charge in [0.05, 0.1) is 17.3 Å². The minimum atomic E-state index is -0.201. The van der Waals surface area contributed by atoms with E-state index in [9.17, 15) is 4.79 Å². The highest BCUT2D eigenvalue weighted by atomic mass is 35.5. The Labute approximate surface area is 204 Å². The molecule has 4 rings (SSSR count). The van der Waals surface area contributed by atoms with Crippen LogP contribution >= 0.6 is 23.5 Å². The Morgan fingerprint density at radius 2 is 2.00 bits per heavy atom. The van der Waals surface area contributed by atoms with E-state index in [1.165, 1.54) is 24.8 Å². The van der Waals surface area contributed by atoms with Crippen molar-refractivity contribution < 1.29 is 4.79 Å². The van der Waals surface area contributed by atoms with Crippen LogP contribution in [0.1, 0.15) is 53.8 Å². The lowest BCUT2D eigenvalue weighted by Gasteiger charge is -2.36. The summed E-state index contributed by atoms with van der Waals surface area (Å²) in [7, 11) is 0. The summed E-state index contributed by atoms with van der Waals surface area (Å²) in [5, 5.41) is 0.532. The minimum Gasteiger partial charge on any atom is -0.400 e. The van der Waals surface area contributed by atoms with Crippen LogP contribution in [0.4, 0.5) is 11.5 Å². The van der Waals surface area contributed by atoms with Gasteiger partial charge in [-0.25, -0.2) is 9.97 Å². The number of amides is 1. The van der Waals surface area contributed by atoms with Crippen molar-refractivity contribution in [3.63, 3.8) is 0 Å². The van der Waals surface area contributed by atoms with Crippen LogP contribution in [0.3, 0.4) is 0 Å². The lowest BCUT2D eigenvalue weighted by Crippen LogP contribution is -2.46. The van der Waals surface area contributed by atoms with E-state index in [2.05, 4.69) is 14.6 Å². The largest absolute Gasteiger partial charge is 0.400 e. The van der Waals surface area contributed by atoms with Gasteiger partial charge in [-0.3, -0.25) is 4.79 Å². The van der Waals surface area contributed by atoms with Crippen molar-refractivity contribution in [3.8, 4) is 0 Å². The highest BCUT2D eigenvalue weighted by Crippen LogP contribution is 2.29. The standard InChI is InChI=1S/C24H31ClN6OS/c1-16-15-27-22(28-23(16)30-10-5-6-11-30)14-19(26)21-7-3-4-12-31(21)24(32)18-13-17(25)8-9-20(18)29-33-2/h8-9,13-15,21,29H,3-7,10-12,26H2,1-2H3/b19-14-. The van der Waals surface area contributed by atoms with E-state index in [1.807, 2.05) is 36.4 Å². The summed E-state index contributed by atoms with van der Waals surface area (Å²) in [6, 6.07) is 5.14. The van der Waals surface area contributed by atoms with E-state index in [4.69, 9.17) is 22.3 Å². The van der Waals surface area contributed by atoms with Crippen molar-refractivity contribution in [3.05, 3.63) is 52.1 Å². The van der Waals surface area contributed by atoms with Crippen LogP contribution in [0.5, 0.6) is 0 Å². The van der Waals surface area contributed by atoms with Crippen LogP contribution in [-0.4, -0.2) is 52.7 Å². The van der Waals surface area contributed by atoms with Gasteiger partial charge in [-0.15, -0.1) is 0 Å². The van der Waals surface area contributed by atoms with Crippen molar-refractivity contribution in [1.82, 2.24) is 14.9 Å². The highest BCUT2D eigenvalue weighted by molar-refractivity contribution is 7.99. The first-order valence-electron chi connectivity index (χ1n) is 11.4. The first-order valence-corrected chi connectivity index (χ1v) is 13.0. The van der Waals surface area contributed by atoms with E-state index in [0.29, 0.717) is 28.7 Å². The molecule has 3 heterocycles. The number of carbonyl (C=O) groups is 1. The summed E-state index contributed by atoms with van der Waals surface area (Å²) in [4.78, 5) is 27.0. The first-order chi connectivity index (χ1) is 16.0. The number of aryl methyl sites for hydroxylation is 1. The van der Waals surface area contributed by atoms with Crippen LogP contribution in [0, 0.1) is 6.92 Å². The fraction of sp³-hybridized carbons (Fsp3) is 0.458. The number of piperidine rings is 1. The summed E-state index contributed by atoms with van der Waals surface area (Å²) in [6.45, 7) is 4.73. The zero-order valence-electron chi connectivity index (χ0n) is 19.2. The van der Waals surface area contributed by atoms with Crippen LogP contribution in [0.25, 0.3) is 6.08 Å². The molecule has 1 aromatic carbocycles. The molecular formula is C24H31ClN6OS. The Morgan fingerprint density at radius 1 is 1.24 bits per heavy atom. The van der Waals surface area contributed by atoms with Gasteiger partial charge in [0.15, 0.2) is 5.82 Å². The Balaban J connectivity index is 1.61. The fourth-order valence-electron chi connectivity index (χ4n) is 4.58. The number of anilines is 2. The highest BCUT2D eigenvalue weighted by Gasteiger charge is 2.31. The van der Waals surface area contributed by atoms with Gasteiger partial charge in [-0.1, -0.05) is 23.5 Å². The molecule has 0 bridgehead atoms. The van der Waals surface area contributed by atoms with Gasteiger partial charge in [0.1, 0.15) is 5.82 Å². The molecule has 2 saturated heterocycles. The third-order valence-corrected chi connectivity index (χ3v) is 6.90. The van der Waals surface area contributed by atoms with E-state index < -0.39 is 0 Å². The number of benzene rings is 1. The molecule has 3 N–H and O–H groups in total. The molecule has 176 valence electrons. The molecular weight excluding hydrogens is 456 g/mol. The Morgan fingerprint density at radius 3 is 2.76 bits per heavy atom. The molecule has 1 atom stereocenters. The van der Waals surface area contributed by atoms with Gasteiger partial charge in [0.25, 0.3) is 5.91 Å². The van der Waals surface area contributed by atoms with Crippen LogP contribution in [0.15, 0.2) is 30.1 Å². The van der Waals surface area contributed by atoms with Crippen molar-refractivity contribution in [1.29, 1.82) is 0 Å². The number of hydrogen-bond acceptors (Lipinski definition) is 7. The number of nitrogens with two attached hydrogens (primary N) is 1. The lowest BCUT2D eigenvalue weighted by atomic mass is 9.97. The smallest absolute Gasteiger partial charge is 0.256 e.